The van der Waals surface area contributed by atoms with Gasteiger partial charge in [0.2, 0.25) is 0 Å². The molecular formula is C21H22O7. The normalized spacial score (nSPS) is 27.0. The SMILES string of the molecule is CO[C@H]1OC(C)[C@@H](O)C(OC(=O)c2ccccc2)C1OC(=O)c1ccccc1. The average molecular weight is 386 g/mol. The fraction of sp³-hybridized carbons (Fsp3) is 0.333. The van der Waals surface area contributed by atoms with Crippen LogP contribution in [0.25, 0.3) is 0 Å². The lowest BCUT2D eigenvalue weighted by Gasteiger charge is -2.41. The van der Waals surface area contributed by atoms with Gasteiger partial charge in [-0.1, -0.05) is 36.4 Å². The Bertz CT molecular complexity index is 739. The van der Waals surface area contributed by atoms with Gasteiger partial charge in [-0.2, -0.15) is 0 Å². The predicted octanol–water partition coefficient (Wildman–Crippen LogP) is 2.19. The molecule has 1 N–H and O–H groups in total. The summed E-state index contributed by atoms with van der Waals surface area (Å²) in [5.41, 5.74) is 0.634. The molecule has 3 rings (SSSR count). The van der Waals surface area contributed by atoms with Crippen molar-refractivity contribution >= 4 is 11.9 Å². The average Bonchev–Trinajstić information content (AvgIpc) is 2.74. The Morgan fingerprint density at radius 3 is 1.79 bits per heavy atom. The number of methoxy groups -OCH3 is 1. The third-order valence-electron chi connectivity index (χ3n) is 4.50. The molecule has 1 aliphatic rings. The Labute approximate surface area is 162 Å². The van der Waals surface area contributed by atoms with Gasteiger partial charge in [0.05, 0.1) is 17.2 Å². The molecule has 7 heteroatoms. The number of hydrogen-bond acceptors (Lipinski definition) is 7. The van der Waals surface area contributed by atoms with Crippen LogP contribution in [0.15, 0.2) is 60.7 Å². The number of ether oxygens (including phenoxy) is 4. The van der Waals surface area contributed by atoms with E-state index in [4.69, 9.17) is 18.9 Å². The van der Waals surface area contributed by atoms with Gasteiger partial charge in [-0.25, -0.2) is 9.59 Å². The number of carbonyl (C=O) groups excluding carboxylic acids is 2. The zero-order valence-electron chi connectivity index (χ0n) is 15.6. The second-order valence-corrected chi connectivity index (χ2v) is 6.41. The van der Waals surface area contributed by atoms with Crippen LogP contribution in [0.5, 0.6) is 0 Å². The van der Waals surface area contributed by atoms with Crippen molar-refractivity contribution in [3.8, 4) is 0 Å². The van der Waals surface area contributed by atoms with E-state index in [2.05, 4.69) is 0 Å². The highest BCUT2D eigenvalue weighted by atomic mass is 16.7. The van der Waals surface area contributed by atoms with E-state index in [0.29, 0.717) is 11.1 Å². The molecule has 1 fully saturated rings. The molecule has 0 amide bonds. The summed E-state index contributed by atoms with van der Waals surface area (Å²) in [5.74, 6) is -1.28. The molecule has 3 unspecified atom stereocenters. The van der Waals surface area contributed by atoms with E-state index in [1.54, 1.807) is 67.6 Å². The van der Waals surface area contributed by atoms with Crippen LogP contribution in [-0.2, 0) is 18.9 Å². The van der Waals surface area contributed by atoms with Crippen LogP contribution in [0, 0.1) is 0 Å². The van der Waals surface area contributed by atoms with Gasteiger partial charge in [0.1, 0.15) is 6.10 Å². The van der Waals surface area contributed by atoms with Gasteiger partial charge >= 0.3 is 11.9 Å². The van der Waals surface area contributed by atoms with E-state index in [1.165, 1.54) is 7.11 Å². The first kappa shape index (κ1) is 20.0. The fourth-order valence-electron chi connectivity index (χ4n) is 2.97. The molecule has 2 aromatic rings. The second-order valence-electron chi connectivity index (χ2n) is 6.41. The second kappa shape index (κ2) is 8.97. The Morgan fingerprint density at radius 1 is 0.857 bits per heavy atom. The predicted molar refractivity (Wildman–Crippen MR) is 98.6 cm³/mol. The third kappa shape index (κ3) is 4.39. The van der Waals surface area contributed by atoms with Gasteiger partial charge in [-0.05, 0) is 31.2 Å². The molecule has 1 heterocycles. The number of carbonyl (C=O) groups is 2. The topological polar surface area (TPSA) is 91.3 Å². The molecule has 28 heavy (non-hydrogen) atoms. The Balaban J connectivity index is 1.83. The maximum atomic E-state index is 12.5. The van der Waals surface area contributed by atoms with Crippen LogP contribution >= 0.6 is 0 Å². The van der Waals surface area contributed by atoms with E-state index in [9.17, 15) is 14.7 Å². The molecule has 0 saturated carbocycles. The largest absolute Gasteiger partial charge is 0.452 e. The van der Waals surface area contributed by atoms with Crippen molar-refractivity contribution in [2.75, 3.05) is 7.11 Å². The van der Waals surface area contributed by atoms with Crippen LogP contribution in [0.1, 0.15) is 27.6 Å². The van der Waals surface area contributed by atoms with Gasteiger partial charge in [-0.3, -0.25) is 0 Å². The maximum Gasteiger partial charge on any atom is 0.338 e. The minimum Gasteiger partial charge on any atom is -0.452 e. The van der Waals surface area contributed by atoms with Crippen molar-refractivity contribution in [2.24, 2.45) is 0 Å². The van der Waals surface area contributed by atoms with Crippen LogP contribution in [0.2, 0.25) is 0 Å². The summed E-state index contributed by atoms with van der Waals surface area (Å²) in [5, 5.41) is 10.6. The number of esters is 2. The van der Waals surface area contributed by atoms with Crippen molar-refractivity contribution in [1.82, 2.24) is 0 Å². The van der Waals surface area contributed by atoms with Crippen LogP contribution in [0.4, 0.5) is 0 Å². The summed E-state index contributed by atoms with van der Waals surface area (Å²) in [4.78, 5) is 25.0. The van der Waals surface area contributed by atoms with E-state index in [-0.39, 0.29) is 0 Å². The molecule has 7 nitrogen and oxygen atoms in total. The number of rotatable bonds is 5. The summed E-state index contributed by atoms with van der Waals surface area (Å²) in [6, 6.07) is 16.7. The van der Waals surface area contributed by atoms with Gasteiger partial charge < -0.3 is 24.1 Å². The van der Waals surface area contributed by atoms with Crippen LogP contribution < -0.4 is 0 Å². The maximum absolute atomic E-state index is 12.5. The highest BCUT2D eigenvalue weighted by Gasteiger charge is 2.48. The van der Waals surface area contributed by atoms with Crippen molar-refractivity contribution in [2.45, 2.75) is 37.6 Å². The summed E-state index contributed by atoms with van der Waals surface area (Å²) in [6.45, 7) is 1.62. The molecule has 0 aliphatic carbocycles. The molecule has 0 aromatic heterocycles. The molecule has 148 valence electrons. The molecular weight excluding hydrogens is 364 g/mol. The van der Waals surface area contributed by atoms with Gasteiger partial charge in [0.15, 0.2) is 18.5 Å². The molecule has 5 atom stereocenters. The lowest BCUT2D eigenvalue weighted by atomic mass is 9.99. The van der Waals surface area contributed by atoms with Crippen molar-refractivity contribution < 1.29 is 33.6 Å². The van der Waals surface area contributed by atoms with Crippen LogP contribution in [-0.4, -0.2) is 54.9 Å². The van der Waals surface area contributed by atoms with Crippen molar-refractivity contribution in [3.05, 3.63) is 71.8 Å². The van der Waals surface area contributed by atoms with Crippen molar-refractivity contribution in [3.63, 3.8) is 0 Å². The van der Waals surface area contributed by atoms with Crippen molar-refractivity contribution in [1.29, 1.82) is 0 Å². The zero-order chi connectivity index (χ0) is 20.1. The van der Waals surface area contributed by atoms with Crippen LogP contribution in [0.3, 0.4) is 0 Å². The third-order valence-corrected chi connectivity index (χ3v) is 4.50. The minimum atomic E-state index is -1.20. The number of aliphatic hydroxyl groups excluding tert-OH is 1. The monoisotopic (exact) mass is 386 g/mol. The summed E-state index contributed by atoms with van der Waals surface area (Å²) >= 11 is 0. The lowest BCUT2D eigenvalue weighted by Crippen LogP contribution is -2.60. The van der Waals surface area contributed by atoms with Gasteiger partial charge in [0, 0.05) is 7.11 Å². The van der Waals surface area contributed by atoms with E-state index in [0.717, 1.165) is 0 Å². The smallest absolute Gasteiger partial charge is 0.338 e. The minimum absolute atomic E-state index is 0.316. The molecule has 1 aliphatic heterocycles. The first-order valence-electron chi connectivity index (χ1n) is 8.89. The first-order valence-corrected chi connectivity index (χ1v) is 8.89. The molecule has 0 bridgehead atoms. The molecule has 0 radical (unpaired) electrons. The quantitative estimate of drug-likeness (QED) is 0.788. The summed E-state index contributed by atoms with van der Waals surface area (Å²) < 4.78 is 21.9. The highest BCUT2D eigenvalue weighted by Crippen LogP contribution is 2.28. The summed E-state index contributed by atoms with van der Waals surface area (Å²) in [6.07, 6.45) is -5.19. The van der Waals surface area contributed by atoms with Gasteiger partial charge in [0.25, 0.3) is 0 Å². The molecule has 1 saturated heterocycles. The standard InChI is InChI=1S/C21H22O7/c1-13-16(22)17(27-19(23)14-9-5-3-6-10-14)18(21(25-2)26-13)28-20(24)15-11-7-4-8-12-15/h3-13,16-18,21-22H,1-2H3/t13?,16-,17?,18?,21+/m1/s1. The highest BCUT2D eigenvalue weighted by molar-refractivity contribution is 5.90. The number of hydrogen-bond donors (Lipinski definition) is 1. The molecule has 0 spiro atoms. The van der Waals surface area contributed by atoms with Gasteiger partial charge in [-0.15, -0.1) is 0 Å². The van der Waals surface area contributed by atoms with E-state index in [1.807, 2.05) is 0 Å². The summed E-state index contributed by atoms with van der Waals surface area (Å²) in [7, 11) is 1.38. The zero-order valence-corrected chi connectivity index (χ0v) is 15.6. The number of benzene rings is 2. The fourth-order valence-corrected chi connectivity index (χ4v) is 2.97. The molecule has 2 aromatic carbocycles. The Kier molecular flexibility index (Phi) is 6.41. The van der Waals surface area contributed by atoms with E-state index >= 15 is 0 Å². The lowest BCUT2D eigenvalue weighted by molar-refractivity contribution is -0.284. The van der Waals surface area contributed by atoms with E-state index < -0.39 is 42.6 Å². The Morgan fingerprint density at radius 2 is 1.32 bits per heavy atom. The Hall–Kier alpha value is -2.74. The first-order chi connectivity index (χ1) is 13.5. The number of aliphatic hydroxyl groups is 1.